The SMILES string of the molecule is CNC(=O)COC(=O)CCNS(=O)(=O)c1ccc(Cl)cc1. The second-order valence-electron chi connectivity index (χ2n) is 3.94. The number of ether oxygens (including phenoxy) is 1. The van der Waals surface area contributed by atoms with Crippen molar-refractivity contribution in [3.63, 3.8) is 0 Å². The van der Waals surface area contributed by atoms with E-state index in [1.54, 1.807) is 0 Å². The highest BCUT2D eigenvalue weighted by atomic mass is 35.5. The van der Waals surface area contributed by atoms with Crippen LogP contribution in [0.4, 0.5) is 0 Å². The summed E-state index contributed by atoms with van der Waals surface area (Å²) < 4.78 is 30.6. The number of nitrogens with one attached hydrogen (secondary N) is 2. The van der Waals surface area contributed by atoms with Crippen LogP contribution in [-0.4, -0.2) is 40.5 Å². The van der Waals surface area contributed by atoms with Crippen molar-refractivity contribution in [2.75, 3.05) is 20.2 Å². The molecule has 9 heteroatoms. The Bertz CT molecular complexity index is 601. The highest BCUT2D eigenvalue weighted by Gasteiger charge is 2.14. The Morgan fingerprint density at radius 1 is 1.24 bits per heavy atom. The molecule has 0 aliphatic heterocycles. The zero-order chi connectivity index (χ0) is 15.9. The maximum atomic E-state index is 11.9. The van der Waals surface area contributed by atoms with Crippen molar-refractivity contribution in [3.05, 3.63) is 29.3 Å². The summed E-state index contributed by atoms with van der Waals surface area (Å²) in [6.45, 7) is -0.517. The summed E-state index contributed by atoms with van der Waals surface area (Å²) in [5.41, 5.74) is 0. The van der Waals surface area contributed by atoms with Gasteiger partial charge < -0.3 is 10.1 Å². The monoisotopic (exact) mass is 334 g/mol. The third kappa shape index (κ3) is 6.11. The first-order valence-corrected chi connectivity index (χ1v) is 7.82. The largest absolute Gasteiger partial charge is 0.456 e. The fourth-order valence-electron chi connectivity index (χ4n) is 1.27. The number of carbonyl (C=O) groups is 2. The highest BCUT2D eigenvalue weighted by molar-refractivity contribution is 7.89. The minimum Gasteiger partial charge on any atom is -0.456 e. The maximum Gasteiger partial charge on any atom is 0.307 e. The zero-order valence-corrected chi connectivity index (χ0v) is 12.8. The molecule has 21 heavy (non-hydrogen) atoms. The Balaban J connectivity index is 2.42. The lowest BCUT2D eigenvalue weighted by Crippen LogP contribution is -2.28. The molecule has 0 fully saturated rings. The van der Waals surface area contributed by atoms with E-state index in [0.29, 0.717) is 5.02 Å². The number of amides is 1. The van der Waals surface area contributed by atoms with Crippen LogP contribution in [-0.2, 0) is 24.3 Å². The summed E-state index contributed by atoms with van der Waals surface area (Å²) in [6, 6.07) is 5.62. The van der Waals surface area contributed by atoms with E-state index in [2.05, 4.69) is 14.8 Å². The van der Waals surface area contributed by atoms with E-state index >= 15 is 0 Å². The summed E-state index contributed by atoms with van der Waals surface area (Å²) in [7, 11) is -2.29. The second kappa shape index (κ2) is 7.96. The summed E-state index contributed by atoms with van der Waals surface area (Å²) >= 11 is 5.67. The highest BCUT2D eigenvalue weighted by Crippen LogP contribution is 2.13. The van der Waals surface area contributed by atoms with Crippen LogP contribution in [0.1, 0.15) is 6.42 Å². The van der Waals surface area contributed by atoms with Crippen molar-refractivity contribution in [1.82, 2.24) is 10.0 Å². The first kappa shape index (κ1) is 17.4. The number of benzene rings is 1. The van der Waals surface area contributed by atoms with Gasteiger partial charge >= 0.3 is 5.97 Å². The van der Waals surface area contributed by atoms with Crippen LogP contribution < -0.4 is 10.0 Å². The average Bonchev–Trinajstić information content (AvgIpc) is 2.45. The predicted octanol–water partition coefficient (Wildman–Crippen LogP) is 0.298. The van der Waals surface area contributed by atoms with E-state index in [-0.39, 0.29) is 24.5 Å². The molecule has 2 N–H and O–H groups in total. The summed E-state index contributed by atoms with van der Waals surface area (Å²) in [5.74, 6) is -1.11. The van der Waals surface area contributed by atoms with E-state index in [9.17, 15) is 18.0 Å². The van der Waals surface area contributed by atoms with Crippen LogP contribution in [0.5, 0.6) is 0 Å². The van der Waals surface area contributed by atoms with Gasteiger partial charge in [0.15, 0.2) is 6.61 Å². The van der Waals surface area contributed by atoms with Gasteiger partial charge in [-0.1, -0.05) is 11.6 Å². The normalized spacial score (nSPS) is 11.0. The van der Waals surface area contributed by atoms with Gasteiger partial charge in [0.2, 0.25) is 10.0 Å². The standard InChI is InChI=1S/C12H15ClN2O5S/c1-14-11(16)8-20-12(17)6-7-15-21(18,19)10-4-2-9(13)3-5-10/h2-5,15H,6-8H2,1H3,(H,14,16). The lowest BCUT2D eigenvalue weighted by atomic mass is 10.4. The Morgan fingerprint density at radius 2 is 1.86 bits per heavy atom. The van der Waals surface area contributed by atoms with Crippen LogP contribution in [0.25, 0.3) is 0 Å². The Hall–Kier alpha value is -1.64. The van der Waals surface area contributed by atoms with Gasteiger partial charge in [0.25, 0.3) is 5.91 Å². The van der Waals surface area contributed by atoms with E-state index in [4.69, 9.17) is 11.6 Å². The molecule has 1 amide bonds. The lowest BCUT2D eigenvalue weighted by molar-refractivity contribution is -0.148. The molecule has 0 bridgehead atoms. The zero-order valence-electron chi connectivity index (χ0n) is 11.3. The van der Waals surface area contributed by atoms with Gasteiger partial charge in [-0.3, -0.25) is 9.59 Å². The first-order chi connectivity index (χ1) is 9.85. The van der Waals surface area contributed by atoms with Crippen molar-refractivity contribution in [3.8, 4) is 0 Å². The number of likely N-dealkylation sites (N-methyl/N-ethyl adjacent to an activating group) is 1. The fourth-order valence-corrected chi connectivity index (χ4v) is 2.43. The third-order valence-corrected chi connectivity index (χ3v) is 4.12. The van der Waals surface area contributed by atoms with Gasteiger partial charge in [0.05, 0.1) is 11.3 Å². The van der Waals surface area contributed by atoms with Crippen molar-refractivity contribution in [2.45, 2.75) is 11.3 Å². The Kier molecular flexibility index (Phi) is 6.60. The van der Waals surface area contributed by atoms with Crippen LogP contribution in [0.15, 0.2) is 29.2 Å². The molecular formula is C12H15ClN2O5S. The Morgan fingerprint density at radius 3 is 2.43 bits per heavy atom. The first-order valence-electron chi connectivity index (χ1n) is 5.96. The van der Waals surface area contributed by atoms with Crippen molar-refractivity contribution in [2.24, 2.45) is 0 Å². The summed E-state index contributed by atoms with van der Waals surface area (Å²) in [4.78, 5) is 22.2. The van der Waals surface area contributed by atoms with Crippen LogP contribution in [0, 0.1) is 0 Å². The molecule has 116 valence electrons. The number of rotatable bonds is 7. The number of carbonyl (C=O) groups excluding carboxylic acids is 2. The molecule has 0 atom stereocenters. The van der Waals surface area contributed by atoms with Crippen LogP contribution >= 0.6 is 11.6 Å². The van der Waals surface area contributed by atoms with Crippen molar-refractivity contribution < 1.29 is 22.7 Å². The molecule has 0 saturated carbocycles. The van der Waals surface area contributed by atoms with E-state index in [0.717, 1.165) is 0 Å². The third-order valence-electron chi connectivity index (χ3n) is 2.39. The molecule has 1 aromatic carbocycles. The van der Waals surface area contributed by atoms with E-state index in [1.807, 2.05) is 0 Å². The van der Waals surface area contributed by atoms with E-state index in [1.165, 1.54) is 31.3 Å². The van der Waals surface area contributed by atoms with Gasteiger partial charge in [-0.15, -0.1) is 0 Å². The van der Waals surface area contributed by atoms with Gasteiger partial charge in [-0.25, -0.2) is 13.1 Å². The van der Waals surface area contributed by atoms with Gasteiger partial charge in [0.1, 0.15) is 0 Å². The fraction of sp³-hybridized carbons (Fsp3) is 0.333. The smallest absolute Gasteiger partial charge is 0.307 e. The molecule has 1 aromatic rings. The number of hydrogen-bond donors (Lipinski definition) is 2. The van der Waals surface area contributed by atoms with Gasteiger partial charge in [-0.2, -0.15) is 0 Å². The molecule has 0 spiro atoms. The topological polar surface area (TPSA) is 102 Å². The second-order valence-corrected chi connectivity index (χ2v) is 6.14. The Labute approximate surface area is 127 Å². The molecule has 0 aliphatic rings. The predicted molar refractivity (Wildman–Crippen MR) is 76.3 cm³/mol. The molecular weight excluding hydrogens is 320 g/mol. The van der Waals surface area contributed by atoms with Gasteiger partial charge in [-0.05, 0) is 24.3 Å². The maximum absolute atomic E-state index is 11.9. The van der Waals surface area contributed by atoms with Crippen molar-refractivity contribution >= 4 is 33.5 Å². The number of esters is 1. The van der Waals surface area contributed by atoms with Crippen LogP contribution in [0.2, 0.25) is 5.02 Å². The molecule has 7 nitrogen and oxygen atoms in total. The molecule has 0 aromatic heterocycles. The minimum absolute atomic E-state index is 0.0469. The molecule has 0 radical (unpaired) electrons. The number of hydrogen-bond acceptors (Lipinski definition) is 5. The van der Waals surface area contributed by atoms with Gasteiger partial charge in [0, 0.05) is 18.6 Å². The number of halogens is 1. The lowest BCUT2D eigenvalue weighted by Gasteiger charge is -2.07. The molecule has 0 unspecified atom stereocenters. The van der Waals surface area contributed by atoms with Crippen LogP contribution in [0.3, 0.4) is 0 Å². The molecule has 0 saturated heterocycles. The number of sulfonamides is 1. The molecule has 1 rings (SSSR count). The molecule has 0 heterocycles. The quantitative estimate of drug-likeness (QED) is 0.698. The average molecular weight is 335 g/mol. The minimum atomic E-state index is -3.70. The summed E-state index contributed by atoms with van der Waals surface area (Å²) in [6.07, 6.45) is -0.177. The molecule has 0 aliphatic carbocycles. The summed E-state index contributed by atoms with van der Waals surface area (Å²) in [5, 5.41) is 2.71. The van der Waals surface area contributed by atoms with Crippen molar-refractivity contribution in [1.29, 1.82) is 0 Å². The van der Waals surface area contributed by atoms with E-state index < -0.39 is 21.9 Å².